The van der Waals surface area contributed by atoms with Crippen molar-refractivity contribution in [1.82, 2.24) is 0 Å². The predicted molar refractivity (Wildman–Crippen MR) is 56.3 cm³/mol. The van der Waals surface area contributed by atoms with Gasteiger partial charge in [-0.3, -0.25) is 0 Å². The Morgan fingerprint density at radius 1 is 1.38 bits per heavy atom. The standard InChI is InChI=1S/C12H18O/c1-5-10-11(9(3)4)7-8-13-12(10)6-2/h5-6,9,11H,1-2,7-8H2,3-4H3. The van der Waals surface area contributed by atoms with Crippen LogP contribution in [0, 0.1) is 11.8 Å². The van der Waals surface area contributed by atoms with E-state index in [9.17, 15) is 0 Å². The molecule has 1 heteroatoms. The molecule has 0 spiro atoms. The highest BCUT2D eigenvalue weighted by atomic mass is 16.5. The maximum atomic E-state index is 5.50. The van der Waals surface area contributed by atoms with Crippen LogP contribution in [-0.2, 0) is 4.74 Å². The lowest BCUT2D eigenvalue weighted by Gasteiger charge is -2.28. The maximum Gasteiger partial charge on any atom is 0.122 e. The lowest BCUT2D eigenvalue weighted by molar-refractivity contribution is 0.164. The average Bonchev–Trinajstić information content (AvgIpc) is 2.16. The first-order valence-corrected chi connectivity index (χ1v) is 4.82. The molecule has 72 valence electrons. The van der Waals surface area contributed by atoms with Crippen molar-refractivity contribution in [2.75, 3.05) is 6.61 Å². The molecular formula is C12H18O. The SMILES string of the molecule is C=CC1=C(C=C)C(C(C)C)CCO1. The second-order valence-corrected chi connectivity index (χ2v) is 3.72. The van der Waals surface area contributed by atoms with E-state index in [2.05, 4.69) is 27.0 Å². The van der Waals surface area contributed by atoms with Crippen LogP contribution >= 0.6 is 0 Å². The summed E-state index contributed by atoms with van der Waals surface area (Å²) in [5.74, 6) is 2.14. The molecule has 0 saturated heterocycles. The molecule has 0 aromatic rings. The minimum Gasteiger partial charge on any atom is -0.493 e. The first kappa shape index (κ1) is 10.1. The van der Waals surface area contributed by atoms with E-state index in [1.807, 2.05) is 6.08 Å². The zero-order chi connectivity index (χ0) is 9.84. The molecule has 1 rings (SSSR count). The summed E-state index contributed by atoms with van der Waals surface area (Å²) in [5.41, 5.74) is 1.22. The molecule has 0 fully saturated rings. The van der Waals surface area contributed by atoms with Crippen molar-refractivity contribution in [2.45, 2.75) is 20.3 Å². The van der Waals surface area contributed by atoms with Crippen molar-refractivity contribution in [1.29, 1.82) is 0 Å². The van der Waals surface area contributed by atoms with Gasteiger partial charge in [-0.05, 0) is 29.9 Å². The second-order valence-electron chi connectivity index (χ2n) is 3.72. The van der Waals surface area contributed by atoms with E-state index >= 15 is 0 Å². The van der Waals surface area contributed by atoms with Gasteiger partial charge in [0.15, 0.2) is 0 Å². The van der Waals surface area contributed by atoms with Gasteiger partial charge in [0, 0.05) is 0 Å². The van der Waals surface area contributed by atoms with Crippen molar-refractivity contribution in [3.8, 4) is 0 Å². The third-order valence-electron chi connectivity index (χ3n) is 2.58. The fraction of sp³-hybridized carbons (Fsp3) is 0.500. The highest BCUT2D eigenvalue weighted by molar-refractivity contribution is 5.31. The predicted octanol–water partition coefficient (Wildman–Crippen LogP) is 3.31. The van der Waals surface area contributed by atoms with Crippen molar-refractivity contribution < 1.29 is 4.74 Å². The van der Waals surface area contributed by atoms with E-state index in [0.29, 0.717) is 11.8 Å². The van der Waals surface area contributed by atoms with Crippen LogP contribution in [-0.4, -0.2) is 6.61 Å². The van der Waals surface area contributed by atoms with Crippen LogP contribution < -0.4 is 0 Å². The summed E-state index contributed by atoms with van der Waals surface area (Å²) in [4.78, 5) is 0. The fourth-order valence-electron chi connectivity index (χ4n) is 1.84. The molecule has 0 aliphatic carbocycles. The van der Waals surface area contributed by atoms with Gasteiger partial charge in [0.05, 0.1) is 6.61 Å². The number of rotatable bonds is 3. The molecule has 0 saturated carbocycles. The van der Waals surface area contributed by atoms with Gasteiger partial charge in [-0.25, -0.2) is 0 Å². The number of hydrogen-bond donors (Lipinski definition) is 0. The number of hydrogen-bond acceptors (Lipinski definition) is 1. The van der Waals surface area contributed by atoms with E-state index in [0.717, 1.165) is 18.8 Å². The van der Waals surface area contributed by atoms with E-state index in [-0.39, 0.29) is 0 Å². The Morgan fingerprint density at radius 2 is 2.08 bits per heavy atom. The third-order valence-corrected chi connectivity index (χ3v) is 2.58. The van der Waals surface area contributed by atoms with Crippen LogP contribution in [0.15, 0.2) is 36.6 Å². The largest absolute Gasteiger partial charge is 0.493 e. The van der Waals surface area contributed by atoms with Crippen molar-refractivity contribution in [3.05, 3.63) is 36.6 Å². The van der Waals surface area contributed by atoms with Gasteiger partial charge < -0.3 is 4.74 Å². The molecule has 1 aliphatic rings. The van der Waals surface area contributed by atoms with Gasteiger partial charge >= 0.3 is 0 Å². The number of ether oxygens (including phenoxy) is 1. The Bertz CT molecular complexity index is 236. The quantitative estimate of drug-likeness (QED) is 0.644. The Kier molecular flexibility index (Phi) is 3.35. The van der Waals surface area contributed by atoms with Gasteiger partial charge in [-0.2, -0.15) is 0 Å². The third kappa shape index (κ3) is 2.03. The molecule has 0 aromatic carbocycles. The fourth-order valence-corrected chi connectivity index (χ4v) is 1.84. The van der Waals surface area contributed by atoms with Gasteiger partial charge in [0.25, 0.3) is 0 Å². The molecule has 0 aromatic heterocycles. The Labute approximate surface area is 80.8 Å². The molecule has 1 aliphatic heterocycles. The Morgan fingerprint density at radius 3 is 2.54 bits per heavy atom. The molecule has 0 N–H and O–H groups in total. The zero-order valence-corrected chi connectivity index (χ0v) is 8.55. The van der Waals surface area contributed by atoms with E-state index < -0.39 is 0 Å². The number of allylic oxidation sites excluding steroid dienone is 3. The average molecular weight is 178 g/mol. The van der Waals surface area contributed by atoms with Crippen LogP contribution in [0.25, 0.3) is 0 Å². The molecule has 0 radical (unpaired) electrons. The van der Waals surface area contributed by atoms with Gasteiger partial charge in [-0.15, -0.1) is 0 Å². The minimum absolute atomic E-state index is 0.583. The first-order chi connectivity index (χ1) is 6.20. The Hall–Kier alpha value is -0.980. The van der Waals surface area contributed by atoms with Gasteiger partial charge in [0.2, 0.25) is 0 Å². The van der Waals surface area contributed by atoms with Gasteiger partial charge in [0.1, 0.15) is 5.76 Å². The second kappa shape index (κ2) is 4.31. The zero-order valence-electron chi connectivity index (χ0n) is 8.55. The normalized spacial score (nSPS) is 22.8. The van der Waals surface area contributed by atoms with Crippen LogP contribution in [0.3, 0.4) is 0 Å². The van der Waals surface area contributed by atoms with Crippen LogP contribution in [0.5, 0.6) is 0 Å². The highest BCUT2D eigenvalue weighted by Crippen LogP contribution is 2.32. The first-order valence-electron chi connectivity index (χ1n) is 4.82. The van der Waals surface area contributed by atoms with Crippen molar-refractivity contribution >= 4 is 0 Å². The molecule has 1 nitrogen and oxygen atoms in total. The minimum atomic E-state index is 0.583. The van der Waals surface area contributed by atoms with Crippen molar-refractivity contribution in [2.24, 2.45) is 11.8 Å². The molecule has 1 heterocycles. The van der Waals surface area contributed by atoms with Crippen LogP contribution in [0.1, 0.15) is 20.3 Å². The van der Waals surface area contributed by atoms with E-state index in [1.54, 1.807) is 6.08 Å². The van der Waals surface area contributed by atoms with Gasteiger partial charge in [-0.1, -0.05) is 33.1 Å². The van der Waals surface area contributed by atoms with Crippen LogP contribution in [0.4, 0.5) is 0 Å². The summed E-state index contributed by atoms with van der Waals surface area (Å²) in [6.45, 7) is 12.9. The molecule has 0 amide bonds. The summed E-state index contributed by atoms with van der Waals surface area (Å²) < 4.78 is 5.50. The molecule has 1 atom stereocenters. The molecule has 13 heavy (non-hydrogen) atoms. The monoisotopic (exact) mass is 178 g/mol. The molecule has 1 unspecified atom stereocenters. The van der Waals surface area contributed by atoms with E-state index in [1.165, 1.54) is 5.57 Å². The molecule has 0 bridgehead atoms. The lowest BCUT2D eigenvalue weighted by Crippen LogP contribution is -2.20. The Balaban J connectivity index is 2.98. The van der Waals surface area contributed by atoms with E-state index in [4.69, 9.17) is 4.74 Å². The summed E-state index contributed by atoms with van der Waals surface area (Å²) in [6.07, 6.45) is 4.78. The lowest BCUT2D eigenvalue weighted by atomic mass is 9.83. The summed E-state index contributed by atoms with van der Waals surface area (Å²) in [5, 5.41) is 0. The van der Waals surface area contributed by atoms with Crippen molar-refractivity contribution in [3.63, 3.8) is 0 Å². The topological polar surface area (TPSA) is 9.23 Å². The van der Waals surface area contributed by atoms with Crippen LogP contribution in [0.2, 0.25) is 0 Å². The maximum absolute atomic E-state index is 5.50. The summed E-state index contributed by atoms with van der Waals surface area (Å²) in [7, 11) is 0. The summed E-state index contributed by atoms with van der Waals surface area (Å²) >= 11 is 0. The smallest absolute Gasteiger partial charge is 0.122 e. The summed E-state index contributed by atoms with van der Waals surface area (Å²) in [6, 6.07) is 0. The molecular weight excluding hydrogens is 160 g/mol. The highest BCUT2D eigenvalue weighted by Gasteiger charge is 2.23.